The summed E-state index contributed by atoms with van der Waals surface area (Å²) >= 11 is 6.05. The average Bonchev–Trinajstić information content (AvgIpc) is 3.30. The molecule has 6 nitrogen and oxygen atoms in total. The third-order valence-electron chi connectivity index (χ3n) is 4.06. The van der Waals surface area contributed by atoms with E-state index in [0.717, 1.165) is 22.0 Å². The van der Waals surface area contributed by atoms with Crippen molar-refractivity contribution in [2.24, 2.45) is 0 Å². The van der Waals surface area contributed by atoms with Crippen LogP contribution in [0.2, 0.25) is 5.02 Å². The summed E-state index contributed by atoms with van der Waals surface area (Å²) in [5, 5.41) is 8.38. The van der Waals surface area contributed by atoms with Crippen LogP contribution < -0.4 is 5.32 Å². The molecule has 0 saturated carbocycles. The number of fused-ring (bicyclic) bond motifs is 1. The number of rotatable bonds is 5. The van der Waals surface area contributed by atoms with Gasteiger partial charge in [0.25, 0.3) is 0 Å². The molecule has 0 spiro atoms. The second kappa shape index (κ2) is 7.01. The van der Waals surface area contributed by atoms with Gasteiger partial charge in [-0.1, -0.05) is 47.1 Å². The number of nitrogens with one attached hydrogen (secondary N) is 2. The van der Waals surface area contributed by atoms with Gasteiger partial charge in [0.1, 0.15) is 0 Å². The van der Waals surface area contributed by atoms with Crippen molar-refractivity contribution in [2.75, 3.05) is 6.54 Å². The molecule has 0 aliphatic carbocycles. The van der Waals surface area contributed by atoms with Crippen LogP contribution in [0, 0.1) is 0 Å². The van der Waals surface area contributed by atoms with Crippen LogP contribution in [0.4, 0.5) is 0 Å². The highest BCUT2D eigenvalue weighted by Gasteiger charge is 2.15. The SMILES string of the molecule is O=C(NCCc1c[nH]c2ccc(Cl)cc12)c1nc(-c2ccccc2)no1. The second-order valence-corrected chi connectivity index (χ2v) is 6.24. The van der Waals surface area contributed by atoms with E-state index in [1.165, 1.54) is 0 Å². The molecule has 0 saturated heterocycles. The Balaban J connectivity index is 1.40. The number of aromatic amines is 1. The average molecular weight is 367 g/mol. The molecule has 2 heterocycles. The Morgan fingerprint density at radius 1 is 1.19 bits per heavy atom. The van der Waals surface area contributed by atoms with E-state index in [9.17, 15) is 4.79 Å². The van der Waals surface area contributed by atoms with Gasteiger partial charge in [0.05, 0.1) is 0 Å². The minimum Gasteiger partial charge on any atom is -0.361 e. The molecule has 130 valence electrons. The van der Waals surface area contributed by atoms with Crippen molar-refractivity contribution in [1.29, 1.82) is 0 Å². The number of nitrogens with zero attached hydrogens (tertiary/aromatic N) is 2. The molecule has 7 heteroatoms. The number of halogens is 1. The van der Waals surface area contributed by atoms with Crippen LogP contribution in [0.3, 0.4) is 0 Å². The maximum Gasteiger partial charge on any atom is 0.316 e. The molecule has 2 N–H and O–H groups in total. The zero-order valence-electron chi connectivity index (χ0n) is 13.7. The van der Waals surface area contributed by atoms with E-state index >= 15 is 0 Å². The summed E-state index contributed by atoms with van der Waals surface area (Å²) in [6, 6.07) is 15.0. The lowest BCUT2D eigenvalue weighted by atomic mass is 10.1. The van der Waals surface area contributed by atoms with E-state index in [-0.39, 0.29) is 5.89 Å². The number of hydrogen-bond acceptors (Lipinski definition) is 4. The van der Waals surface area contributed by atoms with E-state index in [4.69, 9.17) is 16.1 Å². The standard InChI is InChI=1S/C19H15ClN4O2/c20-14-6-7-16-15(10-14)13(11-22-16)8-9-21-18(25)19-23-17(24-26-19)12-4-2-1-3-5-12/h1-7,10-11,22H,8-9H2,(H,21,25). The first kappa shape index (κ1) is 16.4. The van der Waals surface area contributed by atoms with Crippen molar-refractivity contribution in [3.63, 3.8) is 0 Å². The fourth-order valence-corrected chi connectivity index (χ4v) is 2.94. The molecule has 1 amide bonds. The Kier molecular flexibility index (Phi) is 4.41. The molecule has 4 rings (SSSR count). The third kappa shape index (κ3) is 3.32. The first-order valence-electron chi connectivity index (χ1n) is 8.13. The highest BCUT2D eigenvalue weighted by molar-refractivity contribution is 6.31. The van der Waals surface area contributed by atoms with E-state index in [0.29, 0.717) is 23.8 Å². The molecule has 0 unspecified atom stereocenters. The van der Waals surface area contributed by atoms with Crippen LogP contribution in [-0.4, -0.2) is 27.6 Å². The second-order valence-electron chi connectivity index (χ2n) is 5.80. The van der Waals surface area contributed by atoms with E-state index in [1.807, 2.05) is 54.7 Å². The summed E-state index contributed by atoms with van der Waals surface area (Å²) < 4.78 is 5.06. The molecule has 0 radical (unpaired) electrons. The number of amides is 1. The van der Waals surface area contributed by atoms with E-state index in [1.54, 1.807) is 0 Å². The van der Waals surface area contributed by atoms with Crippen molar-refractivity contribution in [1.82, 2.24) is 20.4 Å². The Morgan fingerprint density at radius 2 is 2.04 bits per heavy atom. The van der Waals surface area contributed by atoms with Crippen molar-refractivity contribution < 1.29 is 9.32 Å². The smallest absolute Gasteiger partial charge is 0.316 e. The van der Waals surface area contributed by atoms with Crippen molar-refractivity contribution in [3.05, 3.63) is 71.2 Å². The van der Waals surface area contributed by atoms with Crippen LogP contribution in [0.25, 0.3) is 22.3 Å². The van der Waals surface area contributed by atoms with E-state index < -0.39 is 5.91 Å². The zero-order chi connectivity index (χ0) is 17.9. The molecule has 0 bridgehead atoms. The van der Waals surface area contributed by atoms with Crippen LogP contribution in [0.15, 0.2) is 59.3 Å². The van der Waals surface area contributed by atoms with Crippen LogP contribution >= 0.6 is 11.6 Å². The Morgan fingerprint density at radius 3 is 2.88 bits per heavy atom. The lowest BCUT2D eigenvalue weighted by Gasteiger charge is -2.02. The van der Waals surface area contributed by atoms with E-state index in [2.05, 4.69) is 20.4 Å². The van der Waals surface area contributed by atoms with Gasteiger partial charge in [-0.2, -0.15) is 4.98 Å². The van der Waals surface area contributed by atoms with Gasteiger partial charge < -0.3 is 14.8 Å². The maximum atomic E-state index is 12.2. The van der Waals surface area contributed by atoms with Gasteiger partial charge in [-0.25, -0.2) is 0 Å². The maximum absolute atomic E-state index is 12.2. The first-order valence-corrected chi connectivity index (χ1v) is 8.51. The lowest BCUT2D eigenvalue weighted by Crippen LogP contribution is -2.25. The van der Waals surface area contributed by atoms with Gasteiger partial charge in [-0.3, -0.25) is 4.79 Å². The Bertz CT molecular complexity index is 1060. The quantitative estimate of drug-likeness (QED) is 0.562. The molecular formula is C19H15ClN4O2. The van der Waals surface area contributed by atoms with Crippen LogP contribution in [0.5, 0.6) is 0 Å². The number of hydrogen-bond donors (Lipinski definition) is 2. The molecule has 4 aromatic rings. The fourth-order valence-electron chi connectivity index (χ4n) is 2.76. The van der Waals surface area contributed by atoms with Crippen molar-refractivity contribution in [3.8, 4) is 11.4 Å². The minimum atomic E-state index is -0.391. The van der Waals surface area contributed by atoms with Crippen molar-refractivity contribution in [2.45, 2.75) is 6.42 Å². The van der Waals surface area contributed by atoms with Gasteiger partial charge in [-0.15, -0.1) is 0 Å². The summed E-state index contributed by atoms with van der Waals surface area (Å²) in [4.78, 5) is 19.5. The summed E-state index contributed by atoms with van der Waals surface area (Å²) in [7, 11) is 0. The van der Waals surface area contributed by atoms with Crippen LogP contribution in [0.1, 0.15) is 16.2 Å². The number of carbonyl (C=O) groups is 1. The van der Waals surface area contributed by atoms with Gasteiger partial charge in [-0.05, 0) is 30.2 Å². The Hall–Kier alpha value is -3.12. The van der Waals surface area contributed by atoms with Gasteiger partial charge in [0, 0.05) is 34.2 Å². The first-order chi connectivity index (χ1) is 12.7. The molecular weight excluding hydrogens is 352 g/mol. The summed E-state index contributed by atoms with van der Waals surface area (Å²) in [6.45, 7) is 0.446. The highest BCUT2D eigenvalue weighted by Crippen LogP contribution is 2.22. The summed E-state index contributed by atoms with van der Waals surface area (Å²) in [5.41, 5.74) is 2.89. The topological polar surface area (TPSA) is 83.8 Å². The molecule has 0 aliphatic heterocycles. The monoisotopic (exact) mass is 366 g/mol. The van der Waals surface area contributed by atoms with Crippen molar-refractivity contribution >= 4 is 28.4 Å². The highest BCUT2D eigenvalue weighted by atomic mass is 35.5. The van der Waals surface area contributed by atoms with Gasteiger partial charge >= 0.3 is 11.8 Å². The van der Waals surface area contributed by atoms with Crippen LogP contribution in [-0.2, 0) is 6.42 Å². The molecule has 0 fully saturated rings. The zero-order valence-corrected chi connectivity index (χ0v) is 14.5. The van der Waals surface area contributed by atoms with Gasteiger partial charge in [0.2, 0.25) is 5.82 Å². The third-order valence-corrected chi connectivity index (χ3v) is 4.30. The lowest BCUT2D eigenvalue weighted by molar-refractivity contribution is 0.0910. The Labute approximate surface area is 154 Å². The summed E-state index contributed by atoms with van der Waals surface area (Å²) in [6.07, 6.45) is 2.58. The minimum absolute atomic E-state index is 0.0502. The number of carbonyl (C=O) groups excluding carboxylic acids is 1. The largest absolute Gasteiger partial charge is 0.361 e. The fraction of sp³-hybridized carbons (Fsp3) is 0.105. The van der Waals surface area contributed by atoms with Gasteiger partial charge in [0.15, 0.2) is 0 Å². The molecule has 2 aromatic heterocycles. The predicted molar refractivity (Wildman–Crippen MR) is 99.1 cm³/mol. The normalized spacial score (nSPS) is 11.0. The summed E-state index contributed by atoms with van der Waals surface area (Å²) in [5.74, 6) is -0.0506. The predicted octanol–water partition coefficient (Wildman–Crippen LogP) is 3.84. The number of benzene rings is 2. The molecule has 0 atom stereocenters. The molecule has 26 heavy (non-hydrogen) atoms. The molecule has 0 aliphatic rings. The number of H-pyrrole nitrogens is 1. The number of aromatic nitrogens is 3. The molecule has 2 aromatic carbocycles.